The van der Waals surface area contributed by atoms with Crippen molar-refractivity contribution in [2.75, 3.05) is 6.54 Å². The number of carbonyl (C=O) groups is 1. The maximum atomic E-state index is 12.7. The lowest BCUT2D eigenvalue weighted by atomic mass is 9.89. The summed E-state index contributed by atoms with van der Waals surface area (Å²) in [5, 5.41) is 12.3. The molecule has 0 aliphatic carbocycles. The van der Waals surface area contributed by atoms with E-state index in [-0.39, 0.29) is 5.82 Å². The van der Waals surface area contributed by atoms with Crippen LogP contribution < -0.4 is 5.32 Å². The summed E-state index contributed by atoms with van der Waals surface area (Å²) in [7, 11) is 0. The summed E-state index contributed by atoms with van der Waals surface area (Å²) in [6.07, 6.45) is 1.90. The lowest BCUT2D eigenvalue weighted by Gasteiger charge is -2.24. The first kappa shape index (κ1) is 11.1. The van der Waals surface area contributed by atoms with Gasteiger partial charge in [-0.2, -0.15) is 0 Å². The van der Waals surface area contributed by atoms with Crippen LogP contribution in [0.15, 0.2) is 24.3 Å². The molecule has 0 unspecified atom stereocenters. The Labute approximate surface area is 93.3 Å². The van der Waals surface area contributed by atoms with Gasteiger partial charge in [-0.1, -0.05) is 12.1 Å². The molecule has 0 bridgehead atoms. The van der Waals surface area contributed by atoms with Crippen molar-refractivity contribution in [3.8, 4) is 0 Å². The normalized spacial score (nSPS) is 24.6. The summed E-state index contributed by atoms with van der Waals surface area (Å²) in [5.74, 6) is -1.12. The molecule has 3 nitrogen and oxygen atoms in total. The Morgan fingerprint density at radius 2 is 2.12 bits per heavy atom. The van der Waals surface area contributed by atoms with Gasteiger partial charge in [0.2, 0.25) is 0 Å². The van der Waals surface area contributed by atoms with E-state index in [4.69, 9.17) is 0 Å². The predicted octanol–water partition coefficient (Wildman–Crippen LogP) is 1.57. The molecular weight excluding hydrogens is 209 g/mol. The molecule has 2 rings (SSSR count). The quantitative estimate of drug-likeness (QED) is 0.817. The number of benzene rings is 1. The first-order chi connectivity index (χ1) is 7.62. The Bertz CT molecular complexity index is 383. The predicted molar refractivity (Wildman–Crippen MR) is 57.7 cm³/mol. The van der Waals surface area contributed by atoms with Gasteiger partial charge in [0.05, 0.1) is 0 Å². The van der Waals surface area contributed by atoms with Gasteiger partial charge in [0.1, 0.15) is 11.4 Å². The van der Waals surface area contributed by atoms with Crippen LogP contribution >= 0.6 is 0 Å². The third kappa shape index (κ3) is 2.07. The summed E-state index contributed by atoms with van der Waals surface area (Å²) in [5.41, 5.74) is -0.0177. The molecule has 0 aromatic heterocycles. The summed E-state index contributed by atoms with van der Waals surface area (Å²) in [4.78, 5) is 11.3. The number of carboxylic acid groups (broad SMARTS) is 1. The second-order valence-corrected chi connectivity index (χ2v) is 4.22. The highest BCUT2D eigenvalue weighted by Gasteiger charge is 2.40. The van der Waals surface area contributed by atoms with E-state index in [1.807, 2.05) is 0 Å². The number of rotatable bonds is 3. The minimum absolute atomic E-state index is 0.299. The van der Waals surface area contributed by atoms with Crippen LogP contribution in [0.1, 0.15) is 18.4 Å². The second kappa shape index (κ2) is 4.22. The van der Waals surface area contributed by atoms with Crippen LogP contribution in [0.5, 0.6) is 0 Å². The molecule has 1 aromatic rings. The summed E-state index contributed by atoms with van der Waals surface area (Å²) < 4.78 is 12.7. The van der Waals surface area contributed by atoms with E-state index in [0.29, 0.717) is 12.8 Å². The molecule has 0 saturated carbocycles. The molecule has 2 N–H and O–H groups in total. The van der Waals surface area contributed by atoms with E-state index in [2.05, 4.69) is 5.32 Å². The Morgan fingerprint density at radius 3 is 2.62 bits per heavy atom. The largest absolute Gasteiger partial charge is 0.480 e. The first-order valence-electron chi connectivity index (χ1n) is 5.35. The molecule has 1 fully saturated rings. The van der Waals surface area contributed by atoms with Crippen LogP contribution in [-0.2, 0) is 11.2 Å². The summed E-state index contributed by atoms with van der Waals surface area (Å²) in [6.45, 7) is 0.730. The highest BCUT2D eigenvalue weighted by Crippen LogP contribution is 2.24. The average Bonchev–Trinajstić information content (AvgIpc) is 2.71. The molecule has 1 heterocycles. The molecule has 1 aromatic carbocycles. The molecule has 0 amide bonds. The van der Waals surface area contributed by atoms with Gasteiger partial charge in [0, 0.05) is 6.42 Å². The molecule has 1 aliphatic rings. The van der Waals surface area contributed by atoms with Crippen LogP contribution in [0.3, 0.4) is 0 Å². The summed E-state index contributed by atoms with van der Waals surface area (Å²) >= 11 is 0. The third-order valence-corrected chi connectivity index (χ3v) is 3.07. The molecule has 1 atom stereocenters. The van der Waals surface area contributed by atoms with Crippen molar-refractivity contribution in [1.82, 2.24) is 5.32 Å². The highest BCUT2D eigenvalue weighted by atomic mass is 19.1. The fourth-order valence-electron chi connectivity index (χ4n) is 2.17. The minimum Gasteiger partial charge on any atom is -0.480 e. The molecule has 1 aliphatic heterocycles. The van der Waals surface area contributed by atoms with Crippen molar-refractivity contribution in [1.29, 1.82) is 0 Å². The molecule has 0 radical (unpaired) electrons. The standard InChI is InChI=1S/C12H14FNO2/c13-10-4-2-9(3-5-10)8-12(11(15)16)6-1-7-14-12/h2-5,14H,1,6-8H2,(H,15,16)/t12-/m1/s1. The van der Waals surface area contributed by atoms with Gasteiger partial charge in [0.15, 0.2) is 0 Å². The lowest BCUT2D eigenvalue weighted by Crippen LogP contribution is -2.49. The van der Waals surface area contributed by atoms with Crippen LogP contribution in [0.2, 0.25) is 0 Å². The average molecular weight is 223 g/mol. The molecular formula is C12H14FNO2. The van der Waals surface area contributed by atoms with Crippen LogP contribution in [0, 0.1) is 5.82 Å². The van der Waals surface area contributed by atoms with E-state index in [0.717, 1.165) is 18.5 Å². The zero-order chi connectivity index (χ0) is 11.6. The first-order valence-corrected chi connectivity index (χ1v) is 5.35. The minimum atomic E-state index is -0.863. The monoisotopic (exact) mass is 223 g/mol. The maximum Gasteiger partial charge on any atom is 0.324 e. The zero-order valence-corrected chi connectivity index (χ0v) is 8.87. The SMILES string of the molecule is O=C(O)[C@]1(Cc2ccc(F)cc2)CCCN1. The van der Waals surface area contributed by atoms with Gasteiger partial charge < -0.3 is 10.4 Å². The van der Waals surface area contributed by atoms with E-state index in [1.165, 1.54) is 12.1 Å². The van der Waals surface area contributed by atoms with Crippen molar-refractivity contribution in [3.05, 3.63) is 35.6 Å². The molecule has 16 heavy (non-hydrogen) atoms. The van der Waals surface area contributed by atoms with Crippen molar-refractivity contribution in [2.24, 2.45) is 0 Å². The number of halogens is 1. The van der Waals surface area contributed by atoms with Gasteiger partial charge in [-0.25, -0.2) is 4.39 Å². The molecule has 0 spiro atoms. The van der Waals surface area contributed by atoms with Gasteiger partial charge >= 0.3 is 5.97 Å². The fraction of sp³-hybridized carbons (Fsp3) is 0.417. The Kier molecular flexibility index (Phi) is 2.92. The zero-order valence-electron chi connectivity index (χ0n) is 8.87. The van der Waals surface area contributed by atoms with Crippen LogP contribution in [0.25, 0.3) is 0 Å². The number of nitrogens with one attached hydrogen (secondary N) is 1. The second-order valence-electron chi connectivity index (χ2n) is 4.22. The molecule has 86 valence electrons. The van der Waals surface area contributed by atoms with E-state index >= 15 is 0 Å². The number of hydrogen-bond donors (Lipinski definition) is 2. The van der Waals surface area contributed by atoms with Crippen molar-refractivity contribution in [3.63, 3.8) is 0 Å². The van der Waals surface area contributed by atoms with Crippen molar-refractivity contribution < 1.29 is 14.3 Å². The number of aliphatic carboxylic acids is 1. The summed E-state index contributed by atoms with van der Waals surface area (Å²) in [6, 6.07) is 6.00. The molecule has 1 saturated heterocycles. The highest BCUT2D eigenvalue weighted by molar-refractivity contribution is 5.79. The van der Waals surface area contributed by atoms with E-state index in [9.17, 15) is 14.3 Å². The maximum absolute atomic E-state index is 12.7. The van der Waals surface area contributed by atoms with E-state index in [1.54, 1.807) is 12.1 Å². The van der Waals surface area contributed by atoms with E-state index < -0.39 is 11.5 Å². The van der Waals surface area contributed by atoms with Crippen molar-refractivity contribution in [2.45, 2.75) is 24.8 Å². The lowest BCUT2D eigenvalue weighted by molar-refractivity contribution is -0.144. The van der Waals surface area contributed by atoms with Crippen molar-refractivity contribution >= 4 is 5.97 Å². The fourth-order valence-corrected chi connectivity index (χ4v) is 2.17. The smallest absolute Gasteiger partial charge is 0.324 e. The molecule has 4 heteroatoms. The Balaban J connectivity index is 2.18. The van der Waals surface area contributed by atoms with Gasteiger partial charge in [0.25, 0.3) is 0 Å². The van der Waals surface area contributed by atoms with Gasteiger partial charge in [-0.05, 0) is 37.1 Å². The van der Waals surface area contributed by atoms with Gasteiger partial charge in [-0.3, -0.25) is 4.79 Å². The van der Waals surface area contributed by atoms with Crippen LogP contribution in [-0.4, -0.2) is 23.2 Å². The number of carboxylic acids is 1. The van der Waals surface area contributed by atoms with Gasteiger partial charge in [-0.15, -0.1) is 0 Å². The topological polar surface area (TPSA) is 49.3 Å². The van der Waals surface area contributed by atoms with Crippen LogP contribution in [0.4, 0.5) is 4.39 Å². The number of hydrogen-bond acceptors (Lipinski definition) is 2. The Morgan fingerprint density at radius 1 is 1.44 bits per heavy atom. The third-order valence-electron chi connectivity index (χ3n) is 3.07. The Hall–Kier alpha value is -1.42.